The number of aliphatic hydroxyl groups is 1. The molecular formula is C13H16BrNO3. The summed E-state index contributed by atoms with van der Waals surface area (Å²) in [5, 5.41) is 21.9. The van der Waals surface area contributed by atoms with Crippen LogP contribution in [0.4, 0.5) is 5.69 Å². The van der Waals surface area contributed by atoms with Crippen LogP contribution >= 0.6 is 15.9 Å². The lowest BCUT2D eigenvalue weighted by Crippen LogP contribution is -2.21. The van der Waals surface area contributed by atoms with Gasteiger partial charge >= 0.3 is 5.97 Å². The number of hydrogen-bond donors (Lipinski definition) is 3. The summed E-state index contributed by atoms with van der Waals surface area (Å²) in [7, 11) is 0. The van der Waals surface area contributed by atoms with Crippen LogP contribution in [0.1, 0.15) is 29.6 Å². The summed E-state index contributed by atoms with van der Waals surface area (Å²) < 4.78 is 0.562. The van der Waals surface area contributed by atoms with Crippen LogP contribution in [0.25, 0.3) is 0 Å². The molecule has 0 spiro atoms. The van der Waals surface area contributed by atoms with E-state index < -0.39 is 5.97 Å². The summed E-state index contributed by atoms with van der Waals surface area (Å²) in [6.45, 7) is 0.722. The molecule has 0 heterocycles. The Morgan fingerprint density at radius 3 is 2.78 bits per heavy atom. The van der Waals surface area contributed by atoms with E-state index in [0.29, 0.717) is 10.4 Å². The normalized spacial score (nSPS) is 23.0. The van der Waals surface area contributed by atoms with E-state index in [1.807, 2.05) is 0 Å². The lowest BCUT2D eigenvalue weighted by Gasteiger charge is -2.16. The van der Waals surface area contributed by atoms with Crippen LogP contribution in [0.3, 0.4) is 0 Å². The van der Waals surface area contributed by atoms with Crippen molar-refractivity contribution >= 4 is 27.6 Å². The van der Waals surface area contributed by atoms with Crippen LogP contribution in [0.2, 0.25) is 0 Å². The highest BCUT2D eigenvalue weighted by Gasteiger charge is 2.24. The number of nitrogens with one attached hydrogen (secondary N) is 1. The molecule has 2 rings (SSSR count). The Morgan fingerprint density at radius 2 is 2.22 bits per heavy atom. The summed E-state index contributed by atoms with van der Waals surface area (Å²) in [4.78, 5) is 10.9. The van der Waals surface area contributed by atoms with Gasteiger partial charge in [0.05, 0.1) is 11.7 Å². The molecule has 1 aliphatic rings. The average Bonchev–Trinajstić information content (AvgIpc) is 2.72. The molecule has 5 heteroatoms. The number of halogens is 1. The predicted molar refractivity (Wildman–Crippen MR) is 72.9 cm³/mol. The number of anilines is 1. The number of benzene rings is 1. The minimum atomic E-state index is -0.945. The molecule has 2 atom stereocenters. The molecule has 4 nitrogen and oxygen atoms in total. The third-order valence-corrected chi connectivity index (χ3v) is 4.04. The molecule has 0 amide bonds. The fraction of sp³-hybridized carbons (Fsp3) is 0.462. The summed E-state index contributed by atoms with van der Waals surface area (Å²) in [5.74, 6) is -0.650. The first kappa shape index (κ1) is 13.4. The van der Waals surface area contributed by atoms with Gasteiger partial charge in [-0.15, -0.1) is 0 Å². The fourth-order valence-corrected chi connectivity index (χ4v) is 2.85. The maximum Gasteiger partial charge on any atom is 0.336 e. The van der Waals surface area contributed by atoms with Crippen LogP contribution in [0.5, 0.6) is 0 Å². The average molecular weight is 314 g/mol. The second-order valence-corrected chi connectivity index (χ2v) is 5.49. The van der Waals surface area contributed by atoms with E-state index in [4.69, 9.17) is 5.11 Å². The SMILES string of the molecule is O=C(O)c1ccc(NCC2CCCC2O)cc1Br. The van der Waals surface area contributed by atoms with Gasteiger partial charge in [-0.05, 0) is 47.0 Å². The van der Waals surface area contributed by atoms with Gasteiger partial charge in [0.25, 0.3) is 0 Å². The molecule has 1 aromatic carbocycles. The van der Waals surface area contributed by atoms with Crippen molar-refractivity contribution in [1.82, 2.24) is 0 Å². The van der Waals surface area contributed by atoms with Crippen molar-refractivity contribution in [2.45, 2.75) is 25.4 Å². The van der Waals surface area contributed by atoms with Crippen molar-refractivity contribution in [2.75, 3.05) is 11.9 Å². The number of rotatable bonds is 4. The number of carboxylic acid groups (broad SMARTS) is 1. The Morgan fingerprint density at radius 1 is 1.44 bits per heavy atom. The lowest BCUT2D eigenvalue weighted by molar-refractivity contribution is 0.0696. The van der Waals surface area contributed by atoms with Crippen LogP contribution < -0.4 is 5.32 Å². The molecule has 0 aliphatic heterocycles. The van der Waals surface area contributed by atoms with Crippen LogP contribution in [-0.4, -0.2) is 28.8 Å². The van der Waals surface area contributed by atoms with Gasteiger partial charge in [-0.2, -0.15) is 0 Å². The molecule has 1 aliphatic carbocycles. The number of aliphatic hydroxyl groups excluding tert-OH is 1. The first-order valence-corrected chi connectivity index (χ1v) is 6.82. The van der Waals surface area contributed by atoms with Gasteiger partial charge in [0.2, 0.25) is 0 Å². The van der Waals surface area contributed by atoms with E-state index >= 15 is 0 Å². The Labute approximate surface area is 114 Å². The van der Waals surface area contributed by atoms with E-state index in [-0.39, 0.29) is 11.7 Å². The van der Waals surface area contributed by atoms with E-state index in [9.17, 15) is 9.90 Å². The molecule has 1 saturated carbocycles. The molecule has 0 aromatic heterocycles. The van der Waals surface area contributed by atoms with Crippen molar-refractivity contribution in [3.63, 3.8) is 0 Å². The zero-order chi connectivity index (χ0) is 13.1. The molecule has 18 heavy (non-hydrogen) atoms. The van der Waals surface area contributed by atoms with Crippen molar-refractivity contribution in [1.29, 1.82) is 0 Å². The smallest absolute Gasteiger partial charge is 0.336 e. The Hall–Kier alpha value is -1.07. The molecule has 1 aromatic rings. The largest absolute Gasteiger partial charge is 0.478 e. The second-order valence-electron chi connectivity index (χ2n) is 4.64. The van der Waals surface area contributed by atoms with E-state index in [1.165, 1.54) is 0 Å². The van der Waals surface area contributed by atoms with Gasteiger partial charge < -0.3 is 15.5 Å². The molecule has 1 fully saturated rings. The third kappa shape index (κ3) is 3.03. The molecule has 0 bridgehead atoms. The molecular weight excluding hydrogens is 298 g/mol. The van der Waals surface area contributed by atoms with Crippen molar-refractivity contribution in [3.05, 3.63) is 28.2 Å². The number of aromatic carboxylic acids is 1. The van der Waals surface area contributed by atoms with Gasteiger partial charge in [-0.3, -0.25) is 0 Å². The molecule has 3 N–H and O–H groups in total. The maximum absolute atomic E-state index is 10.9. The monoisotopic (exact) mass is 313 g/mol. The van der Waals surface area contributed by atoms with Gasteiger partial charge in [0.15, 0.2) is 0 Å². The number of carbonyl (C=O) groups is 1. The van der Waals surface area contributed by atoms with E-state index in [2.05, 4.69) is 21.2 Å². The predicted octanol–water partition coefficient (Wildman–Crippen LogP) is 2.72. The highest BCUT2D eigenvalue weighted by atomic mass is 79.9. The quantitative estimate of drug-likeness (QED) is 0.799. The fourth-order valence-electron chi connectivity index (χ4n) is 2.30. The summed E-state index contributed by atoms with van der Waals surface area (Å²) in [6.07, 6.45) is 2.80. The first-order chi connectivity index (χ1) is 8.58. The minimum Gasteiger partial charge on any atom is -0.478 e. The standard InChI is InChI=1S/C13H16BrNO3/c14-11-6-9(4-5-10(11)13(17)18)15-7-8-2-1-3-12(8)16/h4-6,8,12,15-16H,1-3,7H2,(H,17,18). The molecule has 2 unspecified atom stereocenters. The Kier molecular flexibility index (Phi) is 4.24. The van der Waals surface area contributed by atoms with Crippen molar-refractivity contribution in [2.24, 2.45) is 5.92 Å². The summed E-state index contributed by atoms with van der Waals surface area (Å²) >= 11 is 3.24. The highest BCUT2D eigenvalue weighted by molar-refractivity contribution is 9.10. The van der Waals surface area contributed by atoms with Gasteiger partial charge in [-0.25, -0.2) is 4.79 Å². The third-order valence-electron chi connectivity index (χ3n) is 3.39. The van der Waals surface area contributed by atoms with Gasteiger partial charge in [0, 0.05) is 22.6 Å². The minimum absolute atomic E-state index is 0.209. The van der Waals surface area contributed by atoms with E-state index in [1.54, 1.807) is 18.2 Å². The first-order valence-electron chi connectivity index (χ1n) is 6.02. The molecule has 0 saturated heterocycles. The van der Waals surface area contributed by atoms with Crippen LogP contribution in [0, 0.1) is 5.92 Å². The summed E-state index contributed by atoms with van der Waals surface area (Å²) in [5.41, 5.74) is 1.12. The number of carboxylic acids is 1. The van der Waals surface area contributed by atoms with Crippen molar-refractivity contribution < 1.29 is 15.0 Å². The van der Waals surface area contributed by atoms with Crippen molar-refractivity contribution in [3.8, 4) is 0 Å². The Bertz CT molecular complexity index is 450. The molecule has 0 radical (unpaired) electrons. The van der Waals surface area contributed by atoms with Gasteiger partial charge in [-0.1, -0.05) is 6.42 Å². The van der Waals surface area contributed by atoms with Crippen LogP contribution in [0.15, 0.2) is 22.7 Å². The van der Waals surface area contributed by atoms with Crippen LogP contribution in [-0.2, 0) is 0 Å². The second kappa shape index (κ2) is 5.71. The Balaban J connectivity index is 1.98. The zero-order valence-electron chi connectivity index (χ0n) is 9.90. The van der Waals surface area contributed by atoms with Gasteiger partial charge in [0.1, 0.15) is 0 Å². The van der Waals surface area contributed by atoms with E-state index in [0.717, 1.165) is 31.5 Å². The highest BCUT2D eigenvalue weighted by Crippen LogP contribution is 2.27. The summed E-state index contributed by atoms with van der Waals surface area (Å²) in [6, 6.07) is 5.07. The molecule has 98 valence electrons. The topological polar surface area (TPSA) is 69.6 Å². The lowest BCUT2D eigenvalue weighted by atomic mass is 10.1. The zero-order valence-corrected chi connectivity index (χ0v) is 11.5. The number of hydrogen-bond acceptors (Lipinski definition) is 3. The maximum atomic E-state index is 10.9.